The van der Waals surface area contributed by atoms with Gasteiger partial charge in [0.25, 0.3) is 5.91 Å². The highest BCUT2D eigenvalue weighted by molar-refractivity contribution is 6.09. The van der Waals surface area contributed by atoms with E-state index in [0.717, 1.165) is 23.3 Å². The second kappa shape index (κ2) is 10.3. The van der Waals surface area contributed by atoms with Crippen molar-refractivity contribution in [2.24, 2.45) is 5.92 Å². The minimum atomic E-state index is -0.574. The number of ketones is 1. The topological polar surface area (TPSA) is 66.8 Å². The minimum Gasteiger partial charge on any atom is -0.503 e. The van der Waals surface area contributed by atoms with Crippen LogP contribution in [0.2, 0.25) is 0 Å². The predicted octanol–water partition coefficient (Wildman–Crippen LogP) is 5.03. The Balaban J connectivity index is 1.84. The number of ether oxygens (including phenoxy) is 1. The number of aliphatic hydroxyl groups excluding tert-OH is 1. The molecule has 1 heterocycles. The highest BCUT2D eigenvalue weighted by atomic mass is 16.5. The van der Waals surface area contributed by atoms with Crippen LogP contribution in [0.5, 0.6) is 5.75 Å². The molecule has 5 nitrogen and oxygen atoms in total. The second-order valence-corrected chi connectivity index (χ2v) is 8.35. The van der Waals surface area contributed by atoms with Gasteiger partial charge in [-0.25, -0.2) is 0 Å². The Morgan fingerprint density at radius 2 is 1.77 bits per heavy atom. The zero-order chi connectivity index (χ0) is 22.4. The quantitative estimate of drug-likeness (QED) is 0.584. The summed E-state index contributed by atoms with van der Waals surface area (Å²) < 4.78 is 5.75. The Labute approximate surface area is 184 Å². The lowest BCUT2D eigenvalue weighted by Crippen LogP contribution is -2.31. The number of aliphatic hydroxyl groups is 1. The van der Waals surface area contributed by atoms with Gasteiger partial charge in [-0.3, -0.25) is 9.59 Å². The minimum absolute atomic E-state index is 0.196. The fraction of sp³-hybridized carbons (Fsp3) is 0.385. The third-order valence-electron chi connectivity index (χ3n) is 5.33. The molecule has 0 fully saturated rings. The molecule has 1 unspecified atom stereocenters. The maximum Gasteiger partial charge on any atom is 0.290 e. The Morgan fingerprint density at radius 3 is 2.39 bits per heavy atom. The highest BCUT2D eigenvalue weighted by Gasteiger charge is 2.42. The molecule has 31 heavy (non-hydrogen) atoms. The zero-order valence-corrected chi connectivity index (χ0v) is 18.5. The third-order valence-corrected chi connectivity index (χ3v) is 5.33. The van der Waals surface area contributed by atoms with Crippen LogP contribution in [0.4, 0.5) is 0 Å². The van der Waals surface area contributed by atoms with Crippen LogP contribution in [0.1, 0.15) is 50.8 Å². The normalized spacial score (nSPS) is 16.3. The van der Waals surface area contributed by atoms with Gasteiger partial charge in [-0.1, -0.05) is 63.2 Å². The zero-order valence-electron chi connectivity index (χ0n) is 18.5. The first-order valence-corrected chi connectivity index (χ1v) is 11.0. The first-order chi connectivity index (χ1) is 14.9. The van der Waals surface area contributed by atoms with Gasteiger partial charge in [-0.15, -0.1) is 0 Å². The molecule has 0 aromatic heterocycles. The van der Waals surface area contributed by atoms with Crippen LogP contribution >= 0.6 is 0 Å². The van der Waals surface area contributed by atoms with Crippen molar-refractivity contribution in [3.63, 3.8) is 0 Å². The number of aryl methyl sites for hydroxylation is 1. The van der Waals surface area contributed by atoms with Crippen molar-refractivity contribution in [1.82, 2.24) is 4.90 Å². The van der Waals surface area contributed by atoms with Gasteiger partial charge in [0.15, 0.2) is 11.5 Å². The molecule has 2 aromatic rings. The summed E-state index contributed by atoms with van der Waals surface area (Å²) in [7, 11) is 0. The van der Waals surface area contributed by atoms with Crippen LogP contribution in [0.15, 0.2) is 65.9 Å². The summed E-state index contributed by atoms with van der Waals surface area (Å²) in [6.07, 6.45) is 1.53. The molecule has 0 aliphatic carbocycles. The number of benzene rings is 2. The van der Waals surface area contributed by atoms with E-state index in [1.54, 1.807) is 4.90 Å². The van der Waals surface area contributed by atoms with Gasteiger partial charge in [-0.2, -0.15) is 0 Å². The molecule has 1 N–H and O–H groups in total. The lowest BCUT2D eigenvalue weighted by atomic mass is 9.93. The molecular weight excluding hydrogens is 390 g/mol. The van der Waals surface area contributed by atoms with Gasteiger partial charge < -0.3 is 14.7 Å². The van der Waals surface area contributed by atoms with E-state index in [4.69, 9.17) is 4.74 Å². The van der Waals surface area contributed by atoms with E-state index in [1.165, 1.54) is 0 Å². The summed E-state index contributed by atoms with van der Waals surface area (Å²) in [6, 6.07) is 16.6. The van der Waals surface area contributed by atoms with Crippen LogP contribution in [-0.2, 0) is 16.0 Å². The molecule has 0 saturated carbocycles. The molecule has 1 aliphatic rings. The summed E-state index contributed by atoms with van der Waals surface area (Å²) >= 11 is 0. The Morgan fingerprint density at radius 1 is 1.10 bits per heavy atom. The lowest BCUT2D eigenvalue weighted by Gasteiger charge is -2.26. The van der Waals surface area contributed by atoms with Gasteiger partial charge in [0, 0.05) is 13.0 Å². The van der Waals surface area contributed by atoms with E-state index in [9.17, 15) is 14.7 Å². The van der Waals surface area contributed by atoms with Crippen molar-refractivity contribution in [2.75, 3.05) is 13.2 Å². The molecule has 3 rings (SSSR count). The lowest BCUT2D eigenvalue weighted by molar-refractivity contribution is -0.129. The van der Waals surface area contributed by atoms with Crippen molar-refractivity contribution < 1.29 is 19.4 Å². The number of Topliss-reactive ketones (excluding diaryl/α,β-unsaturated/α-hetero) is 1. The first-order valence-electron chi connectivity index (χ1n) is 11.0. The fourth-order valence-electron chi connectivity index (χ4n) is 3.80. The molecular formula is C26H31NO4. The number of hydrogen-bond acceptors (Lipinski definition) is 4. The fourth-order valence-corrected chi connectivity index (χ4v) is 3.80. The molecule has 1 aliphatic heterocycles. The summed E-state index contributed by atoms with van der Waals surface area (Å²) in [4.78, 5) is 27.5. The molecule has 0 saturated heterocycles. The average Bonchev–Trinajstić information content (AvgIpc) is 3.02. The van der Waals surface area contributed by atoms with Gasteiger partial charge >= 0.3 is 0 Å². The summed E-state index contributed by atoms with van der Waals surface area (Å²) in [5.41, 5.74) is 2.05. The SMILES string of the molecule is CCCN1C(=O)C(O)=C(C(=O)CCc2ccccc2)C1c1ccc(OCC(C)C)cc1. The molecule has 1 atom stereocenters. The van der Waals surface area contributed by atoms with Crippen molar-refractivity contribution in [3.05, 3.63) is 77.1 Å². The van der Waals surface area contributed by atoms with E-state index in [1.807, 2.05) is 61.5 Å². The maximum absolute atomic E-state index is 13.1. The number of nitrogens with zero attached hydrogens (tertiary/aromatic N) is 1. The first kappa shape index (κ1) is 22.6. The van der Waals surface area contributed by atoms with Crippen LogP contribution in [-0.4, -0.2) is 34.8 Å². The second-order valence-electron chi connectivity index (χ2n) is 8.35. The number of carbonyl (C=O) groups excluding carboxylic acids is 2. The molecule has 164 valence electrons. The third kappa shape index (κ3) is 5.35. The van der Waals surface area contributed by atoms with Gasteiger partial charge in [-0.05, 0) is 42.0 Å². The van der Waals surface area contributed by atoms with Crippen LogP contribution in [0.25, 0.3) is 0 Å². The van der Waals surface area contributed by atoms with Gasteiger partial charge in [0.05, 0.1) is 18.2 Å². The van der Waals surface area contributed by atoms with E-state index in [2.05, 4.69) is 13.8 Å². The number of hydrogen-bond donors (Lipinski definition) is 1. The average molecular weight is 422 g/mol. The highest BCUT2D eigenvalue weighted by Crippen LogP contribution is 2.39. The summed E-state index contributed by atoms with van der Waals surface area (Å²) in [5, 5.41) is 10.6. The monoisotopic (exact) mass is 421 g/mol. The maximum atomic E-state index is 13.1. The van der Waals surface area contributed by atoms with Crippen LogP contribution < -0.4 is 4.74 Å². The van der Waals surface area contributed by atoms with Crippen molar-refractivity contribution >= 4 is 11.7 Å². The Hall–Kier alpha value is -3.08. The Kier molecular flexibility index (Phi) is 7.50. The smallest absolute Gasteiger partial charge is 0.290 e. The number of amides is 1. The Bertz CT molecular complexity index is 932. The van der Waals surface area contributed by atoms with E-state index >= 15 is 0 Å². The molecule has 1 amide bonds. The molecule has 0 spiro atoms. The molecule has 2 aromatic carbocycles. The summed E-state index contributed by atoms with van der Waals surface area (Å²) in [6.45, 7) is 7.23. The van der Waals surface area contributed by atoms with Gasteiger partial charge in [0.2, 0.25) is 0 Å². The largest absolute Gasteiger partial charge is 0.503 e. The van der Waals surface area contributed by atoms with Gasteiger partial charge in [0.1, 0.15) is 5.75 Å². The standard InChI is InChI=1S/C26H31NO4/c1-4-16-27-24(20-11-13-21(14-12-20)31-17-18(2)3)23(25(29)26(27)30)22(28)15-10-19-8-6-5-7-9-19/h5-9,11-14,18,24,29H,4,10,15-17H2,1-3H3. The number of rotatable bonds is 10. The number of carbonyl (C=O) groups is 2. The van der Waals surface area contributed by atoms with Crippen molar-refractivity contribution in [3.8, 4) is 5.75 Å². The van der Waals surface area contributed by atoms with Crippen LogP contribution in [0.3, 0.4) is 0 Å². The van der Waals surface area contributed by atoms with E-state index in [0.29, 0.717) is 25.5 Å². The summed E-state index contributed by atoms with van der Waals surface area (Å²) in [5.74, 6) is 0.0694. The molecule has 0 bridgehead atoms. The van der Waals surface area contributed by atoms with E-state index < -0.39 is 17.7 Å². The molecule has 0 radical (unpaired) electrons. The van der Waals surface area contributed by atoms with Crippen molar-refractivity contribution in [1.29, 1.82) is 0 Å². The van der Waals surface area contributed by atoms with E-state index in [-0.39, 0.29) is 17.8 Å². The molecule has 5 heteroatoms. The predicted molar refractivity (Wildman–Crippen MR) is 121 cm³/mol. The van der Waals surface area contributed by atoms with Crippen molar-refractivity contribution in [2.45, 2.75) is 46.1 Å². The van der Waals surface area contributed by atoms with Crippen LogP contribution in [0, 0.1) is 5.92 Å².